The van der Waals surface area contributed by atoms with Crippen LogP contribution in [-0.2, 0) is 4.74 Å². The highest BCUT2D eigenvalue weighted by Crippen LogP contribution is 2.11. The monoisotopic (exact) mass is 211 g/mol. The third-order valence-electron chi connectivity index (χ3n) is 1.22. The second kappa shape index (κ2) is 4.37. The van der Waals surface area contributed by atoms with Crippen molar-refractivity contribution in [1.82, 2.24) is 4.98 Å². The number of hydrogen-bond donors (Lipinski definition) is 0. The zero-order valence-electron chi connectivity index (χ0n) is 8.48. The van der Waals surface area contributed by atoms with E-state index < -0.39 is 0 Å². The number of ether oxygens (including phenoxy) is 2. The number of aromatic nitrogens is 1. The minimum Gasteiger partial charge on any atom is -0.451 e. The van der Waals surface area contributed by atoms with Crippen molar-refractivity contribution < 1.29 is 9.47 Å². The summed E-state index contributed by atoms with van der Waals surface area (Å²) in [5, 5.41) is 0.0937. The molecule has 0 radical (unpaired) electrons. The van der Waals surface area contributed by atoms with E-state index in [0.717, 1.165) is 0 Å². The van der Waals surface area contributed by atoms with Gasteiger partial charge in [0.2, 0.25) is 5.88 Å². The third-order valence-corrected chi connectivity index (χ3v) is 1.38. The van der Waals surface area contributed by atoms with Gasteiger partial charge in [0.25, 0.3) is 0 Å². The van der Waals surface area contributed by atoms with E-state index in [0.29, 0.717) is 5.88 Å². The Morgan fingerprint density at radius 2 is 2.07 bits per heavy atom. The number of nitrogens with zero attached hydrogens (tertiary/aromatic N) is 1. The highest BCUT2D eigenvalue weighted by Gasteiger charge is 2.15. The molecular weight excluding hydrogens is 198 g/mol. The Bertz CT molecular complexity index is 306. The van der Waals surface area contributed by atoms with E-state index in [4.69, 9.17) is 21.7 Å². The Kier molecular flexibility index (Phi) is 3.41. The second-order valence-corrected chi connectivity index (χ2v) is 4.07. The Morgan fingerprint density at radius 1 is 1.36 bits per heavy atom. The van der Waals surface area contributed by atoms with Gasteiger partial charge in [-0.25, -0.2) is 4.98 Å². The summed E-state index contributed by atoms with van der Waals surface area (Å²) in [4.78, 5) is 3.96. The van der Waals surface area contributed by atoms with E-state index in [1.807, 2.05) is 26.8 Å². The van der Waals surface area contributed by atoms with Crippen molar-refractivity contribution in [2.75, 3.05) is 0 Å². The molecule has 0 aromatic carbocycles. The molecule has 1 rings (SSSR count). The van der Waals surface area contributed by atoms with Gasteiger partial charge in [-0.2, -0.15) is 0 Å². The van der Waals surface area contributed by atoms with Gasteiger partial charge in [0, 0.05) is 24.5 Å². The molecule has 76 valence electrons. The average molecular weight is 211 g/mol. The fourth-order valence-electron chi connectivity index (χ4n) is 0.764. The van der Waals surface area contributed by atoms with Gasteiger partial charge in [-0.05, 0) is 26.8 Å². The van der Waals surface area contributed by atoms with Crippen LogP contribution in [0.25, 0.3) is 0 Å². The van der Waals surface area contributed by atoms with Crippen LogP contribution in [0.4, 0.5) is 0 Å². The van der Waals surface area contributed by atoms with E-state index in [9.17, 15) is 0 Å². The number of thiocarbonyl (C=S) groups is 1. The fraction of sp³-hybridized carbons (Fsp3) is 0.400. The first-order chi connectivity index (χ1) is 6.47. The highest BCUT2D eigenvalue weighted by molar-refractivity contribution is 7.79. The van der Waals surface area contributed by atoms with Crippen LogP contribution in [0.3, 0.4) is 0 Å². The van der Waals surface area contributed by atoms with Crippen molar-refractivity contribution >= 4 is 17.5 Å². The molecule has 0 aliphatic heterocycles. The molecule has 1 heterocycles. The van der Waals surface area contributed by atoms with Gasteiger partial charge in [0.05, 0.1) is 0 Å². The van der Waals surface area contributed by atoms with Gasteiger partial charge in [-0.15, -0.1) is 0 Å². The maximum Gasteiger partial charge on any atom is 0.359 e. The van der Waals surface area contributed by atoms with E-state index in [-0.39, 0.29) is 10.8 Å². The van der Waals surface area contributed by atoms with Crippen LogP contribution in [0, 0.1) is 0 Å². The molecule has 0 saturated heterocycles. The maximum atomic E-state index is 5.31. The topological polar surface area (TPSA) is 31.4 Å². The molecule has 1 aromatic heterocycles. The van der Waals surface area contributed by atoms with Gasteiger partial charge < -0.3 is 9.47 Å². The lowest BCUT2D eigenvalue weighted by Crippen LogP contribution is -2.25. The van der Waals surface area contributed by atoms with Crippen LogP contribution in [0.2, 0.25) is 0 Å². The summed E-state index contributed by atoms with van der Waals surface area (Å²) in [6, 6.07) is 5.35. The minimum atomic E-state index is -0.341. The van der Waals surface area contributed by atoms with Crippen molar-refractivity contribution in [2.45, 2.75) is 26.4 Å². The van der Waals surface area contributed by atoms with Gasteiger partial charge >= 0.3 is 5.24 Å². The first-order valence-electron chi connectivity index (χ1n) is 4.29. The standard InChI is InChI=1S/C10H13NO2S/c1-10(2,3)13-9(14)12-8-6-4-5-7-11-8/h4-7H,1-3H3. The Balaban J connectivity index is 2.50. The van der Waals surface area contributed by atoms with Crippen molar-refractivity contribution in [3.63, 3.8) is 0 Å². The van der Waals surface area contributed by atoms with Crippen LogP contribution in [-0.4, -0.2) is 15.8 Å². The van der Waals surface area contributed by atoms with Crippen molar-refractivity contribution in [3.05, 3.63) is 24.4 Å². The molecule has 0 N–H and O–H groups in total. The van der Waals surface area contributed by atoms with Crippen LogP contribution in [0.5, 0.6) is 5.88 Å². The quantitative estimate of drug-likeness (QED) is 0.668. The summed E-state index contributed by atoms with van der Waals surface area (Å²) in [5.74, 6) is 0.446. The van der Waals surface area contributed by atoms with Crippen LogP contribution in [0.15, 0.2) is 24.4 Å². The number of hydrogen-bond acceptors (Lipinski definition) is 4. The molecule has 0 saturated carbocycles. The molecule has 0 aliphatic rings. The van der Waals surface area contributed by atoms with E-state index in [1.54, 1.807) is 18.3 Å². The first kappa shape index (κ1) is 10.9. The summed E-state index contributed by atoms with van der Waals surface area (Å²) < 4.78 is 10.5. The normalized spacial score (nSPS) is 10.8. The molecule has 0 atom stereocenters. The van der Waals surface area contributed by atoms with Crippen molar-refractivity contribution in [3.8, 4) is 5.88 Å². The SMILES string of the molecule is CC(C)(C)OC(=S)Oc1ccccn1. The second-order valence-electron chi connectivity index (χ2n) is 3.73. The Labute approximate surface area is 89.1 Å². The van der Waals surface area contributed by atoms with E-state index in [2.05, 4.69) is 4.98 Å². The molecular formula is C10H13NO2S. The molecule has 0 spiro atoms. The summed E-state index contributed by atoms with van der Waals surface area (Å²) in [6.45, 7) is 5.71. The highest BCUT2D eigenvalue weighted by atomic mass is 32.1. The van der Waals surface area contributed by atoms with Gasteiger partial charge in [-0.1, -0.05) is 6.07 Å². The van der Waals surface area contributed by atoms with Gasteiger partial charge in [0.15, 0.2) is 0 Å². The molecule has 3 nitrogen and oxygen atoms in total. The lowest BCUT2D eigenvalue weighted by atomic mass is 10.2. The fourth-order valence-corrected chi connectivity index (χ4v) is 1.10. The van der Waals surface area contributed by atoms with Gasteiger partial charge in [0.1, 0.15) is 5.60 Å². The molecule has 0 fully saturated rings. The molecule has 0 aliphatic carbocycles. The van der Waals surface area contributed by atoms with Crippen molar-refractivity contribution in [1.29, 1.82) is 0 Å². The van der Waals surface area contributed by atoms with E-state index >= 15 is 0 Å². The summed E-state index contributed by atoms with van der Waals surface area (Å²) in [7, 11) is 0. The predicted octanol–water partition coefficient (Wildman–Crippen LogP) is 2.56. The Morgan fingerprint density at radius 3 is 2.57 bits per heavy atom. The summed E-state index contributed by atoms with van der Waals surface area (Å²) in [5.41, 5.74) is -0.341. The maximum absolute atomic E-state index is 5.31. The molecule has 0 bridgehead atoms. The molecule has 0 amide bonds. The largest absolute Gasteiger partial charge is 0.451 e. The van der Waals surface area contributed by atoms with E-state index in [1.165, 1.54) is 0 Å². The Hall–Kier alpha value is -1.16. The zero-order chi connectivity index (χ0) is 10.6. The van der Waals surface area contributed by atoms with Crippen LogP contribution in [0.1, 0.15) is 20.8 Å². The molecule has 4 heteroatoms. The molecule has 0 unspecified atom stereocenters. The van der Waals surface area contributed by atoms with Crippen molar-refractivity contribution in [2.24, 2.45) is 0 Å². The average Bonchev–Trinajstić information content (AvgIpc) is 2.02. The minimum absolute atomic E-state index is 0.0937. The zero-order valence-corrected chi connectivity index (χ0v) is 9.30. The summed E-state index contributed by atoms with van der Waals surface area (Å²) in [6.07, 6.45) is 1.63. The molecule has 14 heavy (non-hydrogen) atoms. The lowest BCUT2D eigenvalue weighted by Gasteiger charge is -2.20. The number of pyridine rings is 1. The number of rotatable bonds is 1. The summed E-state index contributed by atoms with van der Waals surface area (Å²) >= 11 is 4.90. The first-order valence-corrected chi connectivity index (χ1v) is 4.70. The molecule has 1 aromatic rings. The smallest absolute Gasteiger partial charge is 0.359 e. The predicted molar refractivity (Wildman–Crippen MR) is 58.3 cm³/mol. The van der Waals surface area contributed by atoms with Crippen LogP contribution < -0.4 is 4.74 Å². The lowest BCUT2D eigenvalue weighted by molar-refractivity contribution is 0.0911. The third kappa shape index (κ3) is 4.18. The van der Waals surface area contributed by atoms with Gasteiger partial charge in [-0.3, -0.25) is 0 Å². The van der Waals surface area contributed by atoms with Crippen LogP contribution >= 0.6 is 12.2 Å².